The van der Waals surface area contributed by atoms with Crippen molar-refractivity contribution in [3.63, 3.8) is 0 Å². The summed E-state index contributed by atoms with van der Waals surface area (Å²) >= 11 is 0. The van der Waals surface area contributed by atoms with Crippen LogP contribution >= 0.6 is 0 Å². The summed E-state index contributed by atoms with van der Waals surface area (Å²) in [5.74, 6) is 0. The smallest absolute Gasteiger partial charge is 0.00413 e. The molecule has 0 aromatic carbocycles. The molecule has 0 rings (SSSR count). The lowest BCUT2D eigenvalue weighted by Gasteiger charge is -2.30. The maximum Gasteiger partial charge on any atom is 0.00413 e. The summed E-state index contributed by atoms with van der Waals surface area (Å²) in [6.07, 6.45) is 1.24. The minimum atomic E-state index is 0.613. The molecule has 0 radical (unpaired) electrons. The van der Waals surface area contributed by atoms with Crippen LogP contribution in [0, 0.1) is 0 Å². The van der Waals surface area contributed by atoms with Crippen LogP contribution in [0.3, 0.4) is 0 Å². The summed E-state index contributed by atoms with van der Waals surface area (Å²) < 4.78 is 0. The first-order chi connectivity index (χ1) is 6.45. The predicted octanol–water partition coefficient (Wildman–Crippen LogP) is 2.49. The predicted molar refractivity (Wildman–Crippen MR) is 64.7 cm³/mol. The Bertz CT molecular complexity index is 122. The number of rotatable bonds is 7. The second kappa shape index (κ2) is 7.24. The van der Waals surface area contributed by atoms with Gasteiger partial charge in [-0.25, -0.2) is 0 Å². The van der Waals surface area contributed by atoms with Gasteiger partial charge in [0.15, 0.2) is 0 Å². The zero-order valence-electron chi connectivity index (χ0n) is 10.8. The summed E-state index contributed by atoms with van der Waals surface area (Å²) in [6.45, 7) is 15.8. The zero-order chi connectivity index (χ0) is 11.1. The molecule has 0 amide bonds. The summed E-state index contributed by atoms with van der Waals surface area (Å²) in [6, 6.07) is 1.93. The third kappa shape index (κ3) is 6.39. The van der Waals surface area contributed by atoms with E-state index in [4.69, 9.17) is 0 Å². The fourth-order valence-corrected chi connectivity index (χ4v) is 1.77. The lowest BCUT2D eigenvalue weighted by Crippen LogP contribution is -2.39. The van der Waals surface area contributed by atoms with E-state index in [0.717, 1.165) is 6.54 Å². The lowest BCUT2D eigenvalue weighted by molar-refractivity contribution is 0.172. The van der Waals surface area contributed by atoms with E-state index in [2.05, 4.69) is 51.8 Å². The van der Waals surface area contributed by atoms with Gasteiger partial charge in [-0.05, 0) is 47.2 Å². The summed E-state index contributed by atoms with van der Waals surface area (Å²) in [4.78, 5) is 2.54. The van der Waals surface area contributed by atoms with Crippen LogP contribution in [0.2, 0.25) is 0 Å². The van der Waals surface area contributed by atoms with Crippen LogP contribution in [0.25, 0.3) is 0 Å². The first kappa shape index (κ1) is 13.9. The van der Waals surface area contributed by atoms with Gasteiger partial charge in [0, 0.05) is 18.1 Å². The third-order valence-corrected chi connectivity index (χ3v) is 2.47. The molecule has 2 heteroatoms. The van der Waals surface area contributed by atoms with Gasteiger partial charge in [-0.1, -0.05) is 13.8 Å². The molecule has 0 saturated heterocycles. The van der Waals surface area contributed by atoms with Crippen molar-refractivity contribution in [3.8, 4) is 0 Å². The summed E-state index contributed by atoms with van der Waals surface area (Å²) in [5.41, 5.74) is 0. The molecule has 0 aliphatic heterocycles. The SMILES string of the molecule is CC(C)NCCCN(C(C)C)C(C)C. The molecule has 0 aliphatic rings. The fourth-order valence-electron chi connectivity index (χ4n) is 1.77. The average Bonchev–Trinajstić information content (AvgIpc) is 2.01. The molecule has 0 aromatic rings. The molecular formula is C12H28N2. The van der Waals surface area contributed by atoms with Gasteiger partial charge in [0.2, 0.25) is 0 Å². The molecule has 1 N–H and O–H groups in total. The third-order valence-electron chi connectivity index (χ3n) is 2.47. The Labute approximate surface area is 90.1 Å². The van der Waals surface area contributed by atoms with E-state index >= 15 is 0 Å². The van der Waals surface area contributed by atoms with Crippen molar-refractivity contribution < 1.29 is 0 Å². The van der Waals surface area contributed by atoms with Crippen LogP contribution in [0.1, 0.15) is 48.0 Å². The van der Waals surface area contributed by atoms with Crippen molar-refractivity contribution in [1.82, 2.24) is 10.2 Å². The van der Waals surface area contributed by atoms with Crippen LogP contribution in [0.4, 0.5) is 0 Å². The number of hydrogen-bond acceptors (Lipinski definition) is 2. The van der Waals surface area contributed by atoms with Crippen LogP contribution in [0.15, 0.2) is 0 Å². The van der Waals surface area contributed by atoms with E-state index < -0.39 is 0 Å². The van der Waals surface area contributed by atoms with Gasteiger partial charge < -0.3 is 5.32 Å². The quantitative estimate of drug-likeness (QED) is 0.635. The van der Waals surface area contributed by atoms with Crippen molar-refractivity contribution in [2.45, 2.75) is 66.1 Å². The molecule has 14 heavy (non-hydrogen) atoms. The van der Waals surface area contributed by atoms with E-state index in [1.165, 1.54) is 13.0 Å². The van der Waals surface area contributed by atoms with Gasteiger partial charge >= 0.3 is 0 Å². The zero-order valence-corrected chi connectivity index (χ0v) is 10.8. The van der Waals surface area contributed by atoms with Gasteiger partial charge in [-0.3, -0.25) is 4.90 Å². The van der Waals surface area contributed by atoms with Crippen LogP contribution < -0.4 is 5.32 Å². The van der Waals surface area contributed by atoms with E-state index in [0.29, 0.717) is 18.1 Å². The van der Waals surface area contributed by atoms with Crippen molar-refractivity contribution in [3.05, 3.63) is 0 Å². The average molecular weight is 200 g/mol. The van der Waals surface area contributed by atoms with E-state index in [1.807, 2.05) is 0 Å². The number of hydrogen-bond donors (Lipinski definition) is 1. The topological polar surface area (TPSA) is 15.3 Å². The molecule has 0 spiro atoms. The molecular weight excluding hydrogens is 172 g/mol. The molecule has 0 fully saturated rings. The van der Waals surface area contributed by atoms with Crippen molar-refractivity contribution >= 4 is 0 Å². The first-order valence-corrected chi connectivity index (χ1v) is 5.94. The highest BCUT2D eigenvalue weighted by Crippen LogP contribution is 2.05. The molecule has 86 valence electrons. The van der Waals surface area contributed by atoms with Crippen molar-refractivity contribution in [1.29, 1.82) is 0 Å². The monoisotopic (exact) mass is 200 g/mol. The van der Waals surface area contributed by atoms with Crippen molar-refractivity contribution in [2.75, 3.05) is 13.1 Å². The second-order valence-electron chi connectivity index (χ2n) is 4.89. The molecule has 0 unspecified atom stereocenters. The van der Waals surface area contributed by atoms with Gasteiger partial charge in [0.05, 0.1) is 0 Å². The van der Waals surface area contributed by atoms with E-state index in [-0.39, 0.29) is 0 Å². The Morgan fingerprint density at radius 3 is 1.79 bits per heavy atom. The molecule has 0 atom stereocenters. The lowest BCUT2D eigenvalue weighted by atomic mass is 10.2. The van der Waals surface area contributed by atoms with Crippen LogP contribution in [0.5, 0.6) is 0 Å². The minimum absolute atomic E-state index is 0.613. The van der Waals surface area contributed by atoms with Crippen LogP contribution in [-0.2, 0) is 0 Å². The maximum absolute atomic E-state index is 3.45. The number of nitrogens with one attached hydrogen (secondary N) is 1. The summed E-state index contributed by atoms with van der Waals surface area (Å²) in [7, 11) is 0. The van der Waals surface area contributed by atoms with E-state index in [9.17, 15) is 0 Å². The van der Waals surface area contributed by atoms with Gasteiger partial charge in [0.25, 0.3) is 0 Å². The van der Waals surface area contributed by atoms with Crippen molar-refractivity contribution in [2.24, 2.45) is 0 Å². The molecule has 0 saturated carbocycles. The standard InChI is InChI=1S/C12H28N2/c1-10(2)13-8-7-9-14(11(3)4)12(5)6/h10-13H,7-9H2,1-6H3. The minimum Gasteiger partial charge on any atom is -0.314 e. The number of nitrogens with zero attached hydrogens (tertiary/aromatic N) is 1. The Balaban J connectivity index is 3.62. The molecule has 0 aromatic heterocycles. The maximum atomic E-state index is 3.45. The second-order valence-corrected chi connectivity index (χ2v) is 4.89. The van der Waals surface area contributed by atoms with Gasteiger partial charge in [-0.2, -0.15) is 0 Å². The largest absolute Gasteiger partial charge is 0.314 e. The Morgan fingerprint density at radius 1 is 0.929 bits per heavy atom. The van der Waals surface area contributed by atoms with Crippen LogP contribution in [-0.4, -0.2) is 36.1 Å². The summed E-state index contributed by atoms with van der Waals surface area (Å²) in [5, 5.41) is 3.45. The first-order valence-electron chi connectivity index (χ1n) is 5.94. The fraction of sp³-hybridized carbons (Fsp3) is 1.00. The highest BCUT2D eigenvalue weighted by molar-refractivity contribution is 4.67. The normalized spacial score (nSPS) is 12.4. The van der Waals surface area contributed by atoms with Gasteiger partial charge in [-0.15, -0.1) is 0 Å². The molecule has 0 bridgehead atoms. The Hall–Kier alpha value is -0.0800. The molecule has 2 nitrogen and oxygen atoms in total. The molecule has 0 aliphatic carbocycles. The highest BCUT2D eigenvalue weighted by atomic mass is 15.2. The van der Waals surface area contributed by atoms with E-state index in [1.54, 1.807) is 0 Å². The Morgan fingerprint density at radius 2 is 1.43 bits per heavy atom. The van der Waals surface area contributed by atoms with Gasteiger partial charge in [0.1, 0.15) is 0 Å². The highest BCUT2D eigenvalue weighted by Gasteiger charge is 2.11. The Kier molecular flexibility index (Phi) is 7.20. The molecule has 0 heterocycles.